The second-order valence-corrected chi connectivity index (χ2v) is 8.41. The Labute approximate surface area is 142 Å². The van der Waals surface area contributed by atoms with Crippen molar-refractivity contribution in [3.63, 3.8) is 0 Å². The lowest BCUT2D eigenvalue weighted by Crippen LogP contribution is -2.60. The van der Waals surface area contributed by atoms with Crippen LogP contribution in [0.5, 0.6) is 0 Å². The van der Waals surface area contributed by atoms with Crippen molar-refractivity contribution in [1.29, 1.82) is 0 Å². The van der Waals surface area contributed by atoms with E-state index in [4.69, 9.17) is 0 Å². The van der Waals surface area contributed by atoms with E-state index in [2.05, 4.69) is 58.6 Å². The van der Waals surface area contributed by atoms with E-state index < -0.39 is 0 Å². The topological polar surface area (TPSA) is 15.3 Å². The largest absolute Gasteiger partial charge is 0.312 e. The van der Waals surface area contributed by atoms with Crippen molar-refractivity contribution in [2.75, 3.05) is 20.6 Å². The number of halogens is 1. The molecule has 1 saturated carbocycles. The van der Waals surface area contributed by atoms with Gasteiger partial charge in [0, 0.05) is 26.3 Å². The molecule has 0 saturated heterocycles. The number of likely N-dealkylation sites (N-methyl/N-ethyl adjacent to an activating group) is 1. The highest BCUT2D eigenvalue weighted by Crippen LogP contribution is 2.37. The summed E-state index contributed by atoms with van der Waals surface area (Å²) in [6.45, 7) is 3.38. The van der Waals surface area contributed by atoms with Crippen molar-refractivity contribution in [3.05, 3.63) is 20.8 Å². The van der Waals surface area contributed by atoms with Crippen LogP contribution in [-0.4, -0.2) is 37.1 Å². The van der Waals surface area contributed by atoms with Gasteiger partial charge in [0.1, 0.15) is 0 Å². The third kappa shape index (κ3) is 4.31. The number of hydrogen-bond donors (Lipinski definition) is 1. The smallest absolute Gasteiger partial charge is 0.0359 e. The van der Waals surface area contributed by atoms with Crippen molar-refractivity contribution in [3.8, 4) is 0 Å². The Morgan fingerprint density at radius 1 is 1.33 bits per heavy atom. The fraction of sp³-hybridized carbons (Fsp3) is 0.765. The summed E-state index contributed by atoms with van der Waals surface area (Å²) < 4.78 is 1.22. The summed E-state index contributed by atoms with van der Waals surface area (Å²) in [5.74, 6) is 0. The molecule has 1 N–H and O–H groups in total. The van der Waals surface area contributed by atoms with E-state index in [1.165, 1.54) is 47.9 Å². The molecule has 120 valence electrons. The van der Waals surface area contributed by atoms with E-state index in [9.17, 15) is 0 Å². The van der Waals surface area contributed by atoms with Crippen LogP contribution in [0.3, 0.4) is 0 Å². The molecular weight excluding hydrogens is 344 g/mol. The van der Waals surface area contributed by atoms with Crippen molar-refractivity contribution in [1.82, 2.24) is 10.2 Å². The average molecular weight is 373 g/mol. The molecule has 0 amide bonds. The number of thiophene rings is 1. The summed E-state index contributed by atoms with van der Waals surface area (Å²) in [7, 11) is 4.55. The van der Waals surface area contributed by atoms with Gasteiger partial charge in [0.25, 0.3) is 0 Å². The van der Waals surface area contributed by atoms with Gasteiger partial charge in [-0.25, -0.2) is 0 Å². The monoisotopic (exact) mass is 372 g/mol. The second kappa shape index (κ2) is 8.09. The molecule has 1 aromatic rings. The van der Waals surface area contributed by atoms with E-state index in [-0.39, 0.29) is 0 Å². The lowest BCUT2D eigenvalue weighted by Gasteiger charge is -2.49. The van der Waals surface area contributed by atoms with Gasteiger partial charge in [-0.05, 0) is 68.3 Å². The third-order valence-corrected chi connectivity index (χ3v) is 6.65. The minimum atomic E-state index is 0.323. The van der Waals surface area contributed by atoms with Crippen molar-refractivity contribution in [2.24, 2.45) is 0 Å². The molecule has 1 heterocycles. The molecule has 1 aliphatic carbocycles. The van der Waals surface area contributed by atoms with E-state index >= 15 is 0 Å². The molecular formula is C17H29BrN2S. The zero-order valence-electron chi connectivity index (χ0n) is 13.6. The predicted octanol–water partition coefficient (Wildman–Crippen LogP) is 4.69. The van der Waals surface area contributed by atoms with Crippen LogP contribution < -0.4 is 5.32 Å². The van der Waals surface area contributed by atoms with Gasteiger partial charge in [0.15, 0.2) is 0 Å². The molecule has 4 heteroatoms. The van der Waals surface area contributed by atoms with Gasteiger partial charge >= 0.3 is 0 Å². The molecule has 1 unspecified atom stereocenters. The first-order valence-electron chi connectivity index (χ1n) is 8.22. The van der Waals surface area contributed by atoms with Gasteiger partial charge in [-0.15, -0.1) is 11.3 Å². The van der Waals surface area contributed by atoms with Crippen molar-refractivity contribution in [2.45, 2.75) is 63.5 Å². The molecule has 0 aromatic carbocycles. The van der Waals surface area contributed by atoms with Gasteiger partial charge in [-0.1, -0.05) is 26.2 Å². The van der Waals surface area contributed by atoms with Crippen LogP contribution in [-0.2, 0) is 6.42 Å². The van der Waals surface area contributed by atoms with Crippen molar-refractivity contribution < 1.29 is 0 Å². The molecule has 2 rings (SSSR count). The van der Waals surface area contributed by atoms with Gasteiger partial charge in [0.05, 0.1) is 0 Å². The first-order chi connectivity index (χ1) is 10.1. The van der Waals surface area contributed by atoms with Crippen LogP contribution in [0.25, 0.3) is 0 Å². The molecule has 1 aromatic heterocycles. The van der Waals surface area contributed by atoms with Crippen LogP contribution in [0, 0.1) is 0 Å². The van der Waals surface area contributed by atoms with E-state index in [1.54, 1.807) is 0 Å². The fourth-order valence-corrected chi connectivity index (χ4v) is 5.20. The Kier molecular flexibility index (Phi) is 6.73. The number of nitrogens with zero attached hydrogens (tertiary/aromatic N) is 1. The third-order valence-electron chi connectivity index (χ3n) is 4.93. The maximum atomic E-state index is 3.87. The van der Waals surface area contributed by atoms with Crippen LogP contribution in [0.15, 0.2) is 15.9 Å². The quantitative estimate of drug-likeness (QED) is 0.746. The molecule has 0 aliphatic heterocycles. The Morgan fingerprint density at radius 2 is 2.05 bits per heavy atom. The molecule has 0 radical (unpaired) electrons. The van der Waals surface area contributed by atoms with Gasteiger partial charge in [-0.3, -0.25) is 0 Å². The first kappa shape index (κ1) is 17.5. The van der Waals surface area contributed by atoms with Gasteiger partial charge < -0.3 is 10.2 Å². The maximum Gasteiger partial charge on any atom is 0.0359 e. The number of nitrogens with one attached hydrogen (secondary N) is 1. The van der Waals surface area contributed by atoms with Gasteiger partial charge in [-0.2, -0.15) is 0 Å². The summed E-state index contributed by atoms with van der Waals surface area (Å²) in [6, 6.07) is 2.84. The molecule has 1 fully saturated rings. The van der Waals surface area contributed by atoms with Crippen LogP contribution >= 0.6 is 27.3 Å². The Balaban J connectivity index is 2.19. The van der Waals surface area contributed by atoms with Crippen LogP contribution in [0.4, 0.5) is 0 Å². The standard InChI is InChI=1S/C17H29BrN2S/c1-4-10-19-16(12-15-11-14(18)13-21-15)17(20(2)3)8-6-5-7-9-17/h11,13,16,19H,4-10,12H2,1-3H3. The normalized spacial score (nSPS) is 19.9. The van der Waals surface area contributed by atoms with E-state index in [0.29, 0.717) is 11.6 Å². The molecule has 1 aliphatic rings. The van der Waals surface area contributed by atoms with Gasteiger partial charge in [0.2, 0.25) is 0 Å². The predicted molar refractivity (Wildman–Crippen MR) is 97.3 cm³/mol. The lowest BCUT2D eigenvalue weighted by molar-refractivity contribution is 0.0572. The van der Waals surface area contributed by atoms with Crippen molar-refractivity contribution >= 4 is 27.3 Å². The number of hydrogen-bond acceptors (Lipinski definition) is 3. The molecule has 0 bridgehead atoms. The SMILES string of the molecule is CCCNC(Cc1cc(Br)cs1)C1(N(C)C)CCCCC1. The molecule has 2 nitrogen and oxygen atoms in total. The Morgan fingerprint density at radius 3 is 2.57 bits per heavy atom. The Bertz CT molecular complexity index is 424. The highest BCUT2D eigenvalue weighted by molar-refractivity contribution is 9.10. The molecule has 0 spiro atoms. The number of rotatable bonds is 7. The highest BCUT2D eigenvalue weighted by Gasteiger charge is 2.41. The summed E-state index contributed by atoms with van der Waals surface area (Å²) in [5, 5.41) is 6.07. The Hall–Kier alpha value is 0.1000. The van der Waals surface area contributed by atoms with E-state index in [1.807, 2.05) is 11.3 Å². The summed E-state index contributed by atoms with van der Waals surface area (Å²) in [6.07, 6.45) is 9.15. The zero-order valence-corrected chi connectivity index (χ0v) is 16.0. The van der Waals surface area contributed by atoms with Crippen LogP contribution in [0.2, 0.25) is 0 Å². The highest BCUT2D eigenvalue weighted by atomic mass is 79.9. The van der Waals surface area contributed by atoms with Crippen LogP contribution in [0.1, 0.15) is 50.3 Å². The lowest BCUT2D eigenvalue weighted by atomic mass is 9.74. The second-order valence-electron chi connectivity index (χ2n) is 6.50. The molecule has 1 atom stereocenters. The summed E-state index contributed by atoms with van der Waals surface area (Å²) in [5.41, 5.74) is 0.323. The molecule has 21 heavy (non-hydrogen) atoms. The maximum absolute atomic E-state index is 3.87. The zero-order chi connectivity index (χ0) is 15.3. The summed E-state index contributed by atoms with van der Waals surface area (Å²) in [4.78, 5) is 3.99. The first-order valence-corrected chi connectivity index (χ1v) is 9.89. The van der Waals surface area contributed by atoms with E-state index in [0.717, 1.165) is 13.0 Å². The fourth-order valence-electron chi connectivity index (χ4n) is 3.70. The summed E-state index contributed by atoms with van der Waals surface area (Å²) >= 11 is 5.47. The average Bonchev–Trinajstić information content (AvgIpc) is 2.89. The minimum absolute atomic E-state index is 0.323. The minimum Gasteiger partial charge on any atom is -0.312 e.